The second kappa shape index (κ2) is 11.7. The number of hydrogen-bond donors (Lipinski definition) is 0. The maximum atomic E-state index is 16.6. The molecule has 2 saturated heterocycles. The third-order valence-electron chi connectivity index (χ3n) is 9.27. The summed E-state index contributed by atoms with van der Waals surface area (Å²) < 4.78 is 22.7. The smallest absolute Gasteiger partial charge is 0.319 e. The number of amides is 1. The minimum absolute atomic E-state index is 0.141. The number of likely N-dealkylation sites (tertiary alicyclic amines) is 1. The fraction of sp³-hybridized carbons (Fsp3) is 0.455. The van der Waals surface area contributed by atoms with Crippen LogP contribution in [0.4, 0.5) is 10.2 Å². The zero-order chi connectivity index (χ0) is 29.4. The van der Waals surface area contributed by atoms with Crippen LogP contribution in [0, 0.1) is 17.1 Å². The van der Waals surface area contributed by atoms with E-state index in [1.165, 1.54) is 17.2 Å². The van der Waals surface area contributed by atoms with Crippen molar-refractivity contribution in [1.29, 1.82) is 5.26 Å². The zero-order valence-corrected chi connectivity index (χ0v) is 24.4. The van der Waals surface area contributed by atoms with Gasteiger partial charge in [0, 0.05) is 36.6 Å². The van der Waals surface area contributed by atoms with E-state index >= 15 is 4.39 Å². The SMILES string of the molecule is C=CC(=O)N1CCN(c2nc(OC[C@@H]3CCCN3C)nc3c(F)c(-c4cccc5c4CCC5C)ccc23)C[C@@H]1CC#N. The highest BCUT2D eigenvalue weighted by Gasteiger charge is 2.32. The molecule has 3 aromatic rings. The summed E-state index contributed by atoms with van der Waals surface area (Å²) >= 11 is 0. The molecular weight excluding hydrogens is 531 g/mol. The average molecular weight is 569 g/mol. The number of aromatic nitrogens is 2. The first-order valence-corrected chi connectivity index (χ1v) is 14.9. The standard InChI is InChI=1S/C33H37FN6O2/c1-4-29(41)40-18-17-39(19-22(40)14-15-35)32-28-13-12-27(25-9-5-8-24-21(2)10-11-26(24)25)30(34)31(28)36-33(37-32)42-20-23-7-6-16-38(23)3/h4-5,8-9,12-13,21-23H,1,6-7,10-11,14,16-20H2,2-3H3/t21?,22-,23-/m0/s1. The molecule has 2 aromatic carbocycles. The maximum absolute atomic E-state index is 16.6. The summed E-state index contributed by atoms with van der Waals surface area (Å²) in [6.45, 7) is 8.55. The summed E-state index contributed by atoms with van der Waals surface area (Å²) in [6.07, 6.45) is 5.58. The molecule has 1 unspecified atom stereocenters. The van der Waals surface area contributed by atoms with Crippen LogP contribution in [0.15, 0.2) is 43.0 Å². The first-order chi connectivity index (χ1) is 20.4. The van der Waals surface area contributed by atoms with Gasteiger partial charge in [0.2, 0.25) is 5.91 Å². The summed E-state index contributed by atoms with van der Waals surface area (Å²) in [5, 5.41) is 10.1. The maximum Gasteiger partial charge on any atom is 0.319 e. The van der Waals surface area contributed by atoms with Crippen molar-refractivity contribution in [2.45, 2.75) is 57.0 Å². The van der Waals surface area contributed by atoms with Gasteiger partial charge in [-0.2, -0.15) is 15.2 Å². The molecule has 42 heavy (non-hydrogen) atoms. The van der Waals surface area contributed by atoms with E-state index in [0.717, 1.165) is 37.8 Å². The summed E-state index contributed by atoms with van der Waals surface area (Å²) in [5.41, 5.74) is 4.16. The lowest BCUT2D eigenvalue weighted by molar-refractivity contribution is -0.128. The molecule has 0 radical (unpaired) electrons. The van der Waals surface area contributed by atoms with Crippen LogP contribution in [0.2, 0.25) is 0 Å². The Labute approximate surface area is 246 Å². The van der Waals surface area contributed by atoms with Crippen molar-refractivity contribution in [2.75, 3.05) is 44.7 Å². The van der Waals surface area contributed by atoms with Crippen molar-refractivity contribution in [3.8, 4) is 23.2 Å². The highest BCUT2D eigenvalue weighted by molar-refractivity contribution is 5.94. The lowest BCUT2D eigenvalue weighted by atomic mass is 9.94. The number of carbonyl (C=O) groups is 1. The Morgan fingerprint density at radius 1 is 1.17 bits per heavy atom. The van der Waals surface area contributed by atoms with Gasteiger partial charge in [0.1, 0.15) is 17.9 Å². The second-order valence-corrected chi connectivity index (χ2v) is 11.8. The Hall–Kier alpha value is -4.03. The number of halogens is 1. The van der Waals surface area contributed by atoms with Crippen LogP contribution in [0.1, 0.15) is 49.7 Å². The number of benzene rings is 2. The number of ether oxygens (including phenoxy) is 1. The van der Waals surface area contributed by atoms with E-state index < -0.39 is 0 Å². The van der Waals surface area contributed by atoms with Gasteiger partial charge in [0.15, 0.2) is 5.82 Å². The minimum Gasteiger partial charge on any atom is -0.462 e. The fourth-order valence-corrected chi connectivity index (χ4v) is 6.85. The van der Waals surface area contributed by atoms with E-state index in [2.05, 4.69) is 42.6 Å². The molecular formula is C33H37FN6O2. The van der Waals surface area contributed by atoms with Crippen LogP contribution in [0.3, 0.4) is 0 Å². The number of likely N-dealkylation sites (N-methyl/N-ethyl adjacent to an activating group) is 1. The van der Waals surface area contributed by atoms with Crippen LogP contribution < -0.4 is 9.64 Å². The molecule has 1 aromatic heterocycles. The normalized spacial score (nSPS) is 22.3. The van der Waals surface area contributed by atoms with E-state index in [1.54, 1.807) is 4.90 Å². The Kier molecular flexibility index (Phi) is 7.82. The van der Waals surface area contributed by atoms with E-state index in [-0.39, 0.29) is 41.8 Å². The van der Waals surface area contributed by atoms with E-state index in [4.69, 9.17) is 9.72 Å². The molecule has 2 aliphatic heterocycles. The Balaban J connectivity index is 1.42. The third-order valence-corrected chi connectivity index (χ3v) is 9.27. The van der Waals surface area contributed by atoms with Gasteiger partial charge < -0.3 is 19.4 Å². The predicted molar refractivity (Wildman–Crippen MR) is 161 cm³/mol. The summed E-state index contributed by atoms with van der Waals surface area (Å²) in [4.78, 5) is 27.9. The van der Waals surface area contributed by atoms with Gasteiger partial charge in [0.25, 0.3) is 0 Å². The number of carbonyl (C=O) groups excluding carboxylic acids is 1. The van der Waals surface area contributed by atoms with E-state index in [1.807, 2.05) is 29.2 Å². The first kappa shape index (κ1) is 28.1. The van der Waals surface area contributed by atoms with Gasteiger partial charge in [0.05, 0.1) is 18.5 Å². The third kappa shape index (κ3) is 5.09. The number of hydrogen-bond acceptors (Lipinski definition) is 7. The molecule has 0 spiro atoms. The van der Waals surface area contributed by atoms with Gasteiger partial charge in [-0.15, -0.1) is 0 Å². The van der Waals surface area contributed by atoms with Gasteiger partial charge in [-0.05, 0) is 74.0 Å². The number of nitrogens with zero attached hydrogens (tertiary/aromatic N) is 6. The van der Waals surface area contributed by atoms with Gasteiger partial charge in [-0.1, -0.05) is 37.8 Å². The summed E-state index contributed by atoms with van der Waals surface area (Å²) in [7, 11) is 2.08. The predicted octanol–water partition coefficient (Wildman–Crippen LogP) is 5.08. The van der Waals surface area contributed by atoms with Crippen molar-refractivity contribution < 1.29 is 13.9 Å². The molecule has 6 rings (SSSR count). The van der Waals surface area contributed by atoms with Crippen LogP contribution in [0.25, 0.3) is 22.0 Å². The Morgan fingerprint density at radius 3 is 2.79 bits per heavy atom. The molecule has 218 valence electrons. The van der Waals surface area contributed by atoms with Crippen molar-refractivity contribution >= 4 is 22.6 Å². The number of rotatable bonds is 7. The molecule has 9 heteroatoms. The second-order valence-electron chi connectivity index (χ2n) is 11.8. The van der Waals surface area contributed by atoms with Gasteiger partial charge >= 0.3 is 6.01 Å². The van der Waals surface area contributed by atoms with Crippen molar-refractivity contribution in [1.82, 2.24) is 19.8 Å². The van der Waals surface area contributed by atoms with Gasteiger partial charge in [-0.25, -0.2) is 4.39 Å². The molecule has 2 fully saturated rings. The molecule has 3 aliphatic rings. The molecule has 0 saturated carbocycles. The monoisotopic (exact) mass is 568 g/mol. The molecule has 3 heterocycles. The molecule has 1 aliphatic carbocycles. The van der Waals surface area contributed by atoms with Crippen molar-refractivity contribution in [2.24, 2.45) is 0 Å². The van der Waals surface area contributed by atoms with E-state index in [9.17, 15) is 10.1 Å². The molecule has 0 N–H and O–H groups in total. The van der Waals surface area contributed by atoms with Crippen LogP contribution in [-0.2, 0) is 11.2 Å². The van der Waals surface area contributed by atoms with Crippen molar-refractivity contribution in [3.05, 3.63) is 59.9 Å². The lowest BCUT2D eigenvalue weighted by Crippen LogP contribution is -2.55. The molecule has 1 amide bonds. The number of fused-ring (bicyclic) bond motifs is 2. The van der Waals surface area contributed by atoms with Crippen LogP contribution >= 0.6 is 0 Å². The van der Waals surface area contributed by atoms with Gasteiger partial charge in [-0.3, -0.25) is 4.79 Å². The summed E-state index contributed by atoms with van der Waals surface area (Å²) in [6, 6.07) is 12.2. The molecule has 0 bridgehead atoms. The number of anilines is 1. The minimum atomic E-state index is -0.388. The summed E-state index contributed by atoms with van der Waals surface area (Å²) in [5.74, 6) is 0.424. The van der Waals surface area contributed by atoms with Crippen LogP contribution in [-0.4, -0.2) is 77.6 Å². The molecule has 8 nitrogen and oxygen atoms in total. The Bertz CT molecular complexity index is 1570. The zero-order valence-electron chi connectivity index (χ0n) is 24.4. The van der Waals surface area contributed by atoms with Crippen LogP contribution in [0.5, 0.6) is 6.01 Å². The quantitative estimate of drug-likeness (QED) is 0.368. The average Bonchev–Trinajstić information content (AvgIpc) is 3.60. The highest BCUT2D eigenvalue weighted by atomic mass is 19.1. The topological polar surface area (TPSA) is 85.6 Å². The Morgan fingerprint density at radius 2 is 2.02 bits per heavy atom. The van der Waals surface area contributed by atoms with E-state index in [0.29, 0.717) is 48.9 Å². The lowest BCUT2D eigenvalue weighted by Gasteiger charge is -2.41. The highest BCUT2D eigenvalue weighted by Crippen LogP contribution is 2.41. The molecule has 3 atom stereocenters. The largest absolute Gasteiger partial charge is 0.462 e. The first-order valence-electron chi connectivity index (χ1n) is 14.9. The number of nitriles is 1. The van der Waals surface area contributed by atoms with Crippen molar-refractivity contribution in [3.63, 3.8) is 0 Å². The number of piperazine rings is 1. The fourth-order valence-electron chi connectivity index (χ4n) is 6.85.